The molecule has 0 aromatic heterocycles. The van der Waals surface area contributed by atoms with Crippen molar-refractivity contribution in [2.45, 2.75) is 24.5 Å². The number of fused-ring (bicyclic) bond motifs is 1. The summed E-state index contributed by atoms with van der Waals surface area (Å²) in [5.41, 5.74) is 4.66. The van der Waals surface area contributed by atoms with Gasteiger partial charge in [-0.05, 0) is 29.2 Å². The highest BCUT2D eigenvalue weighted by Gasteiger charge is 2.45. The Morgan fingerprint density at radius 3 is 2.32 bits per heavy atom. The van der Waals surface area contributed by atoms with Crippen LogP contribution in [0.2, 0.25) is 0 Å². The highest BCUT2D eigenvalue weighted by atomic mass is 16.3. The van der Waals surface area contributed by atoms with E-state index < -0.39 is 6.10 Å². The second kappa shape index (κ2) is 3.69. The van der Waals surface area contributed by atoms with Crippen LogP contribution in [0.4, 0.5) is 0 Å². The average molecular weight is 251 g/mol. The van der Waals surface area contributed by atoms with Crippen LogP contribution in [0.1, 0.15) is 41.2 Å². The molecule has 0 saturated heterocycles. The van der Waals surface area contributed by atoms with Gasteiger partial charge in [0.2, 0.25) is 0 Å². The monoisotopic (exact) mass is 251 g/mol. The van der Waals surface area contributed by atoms with Gasteiger partial charge in [-0.2, -0.15) is 0 Å². The minimum Gasteiger partial charge on any atom is -0.388 e. The number of benzene rings is 2. The third kappa shape index (κ3) is 1.33. The van der Waals surface area contributed by atoms with Crippen LogP contribution in [0.15, 0.2) is 48.5 Å². The maximum atomic E-state index is 10.7. The van der Waals surface area contributed by atoms with Crippen LogP contribution < -0.4 is 5.32 Å². The molecule has 96 valence electrons. The first-order chi connectivity index (χ1) is 9.22. The van der Waals surface area contributed by atoms with Crippen molar-refractivity contribution in [1.82, 2.24) is 5.32 Å². The molecule has 0 unspecified atom stereocenters. The fourth-order valence-electron chi connectivity index (χ4n) is 3.74. The molecule has 0 spiro atoms. The molecule has 2 bridgehead atoms. The van der Waals surface area contributed by atoms with Crippen LogP contribution in [0.5, 0.6) is 0 Å². The van der Waals surface area contributed by atoms with Crippen molar-refractivity contribution in [3.63, 3.8) is 0 Å². The molecule has 2 aromatic carbocycles. The SMILES string of the molecule is C[C@]12NC[C@H](c3ccccc31)[C@@H](O)c1ccccc12. The maximum Gasteiger partial charge on any atom is 0.0874 e. The molecule has 0 amide bonds. The molecule has 5 rings (SSSR count). The van der Waals surface area contributed by atoms with E-state index in [1.165, 1.54) is 16.7 Å². The Morgan fingerprint density at radius 1 is 1.00 bits per heavy atom. The molecule has 1 aliphatic carbocycles. The van der Waals surface area contributed by atoms with Gasteiger partial charge in [-0.1, -0.05) is 48.5 Å². The Labute approximate surface area is 113 Å². The number of aliphatic hydroxyl groups excluding tert-OH is 1. The molecule has 2 heterocycles. The fraction of sp³-hybridized carbons (Fsp3) is 0.294. The Kier molecular flexibility index (Phi) is 2.17. The molecule has 2 N–H and O–H groups in total. The molecule has 3 aliphatic rings. The van der Waals surface area contributed by atoms with Crippen molar-refractivity contribution in [2.75, 3.05) is 6.54 Å². The van der Waals surface area contributed by atoms with Crippen molar-refractivity contribution in [2.24, 2.45) is 0 Å². The quantitative estimate of drug-likeness (QED) is 0.754. The largest absolute Gasteiger partial charge is 0.388 e. The van der Waals surface area contributed by atoms with E-state index in [4.69, 9.17) is 0 Å². The zero-order valence-corrected chi connectivity index (χ0v) is 10.9. The van der Waals surface area contributed by atoms with Crippen LogP contribution in [0.25, 0.3) is 0 Å². The summed E-state index contributed by atoms with van der Waals surface area (Å²) in [7, 11) is 0. The molecule has 0 radical (unpaired) electrons. The molecule has 2 nitrogen and oxygen atoms in total. The minimum atomic E-state index is -0.422. The van der Waals surface area contributed by atoms with Crippen LogP contribution in [-0.2, 0) is 5.54 Å². The van der Waals surface area contributed by atoms with Crippen molar-refractivity contribution in [3.8, 4) is 0 Å². The van der Waals surface area contributed by atoms with E-state index in [9.17, 15) is 5.11 Å². The van der Waals surface area contributed by atoms with Crippen LogP contribution in [-0.4, -0.2) is 11.7 Å². The molecule has 0 saturated carbocycles. The molecular formula is C17H17NO. The Hall–Kier alpha value is -1.64. The lowest BCUT2D eigenvalue weighted by Crippen LogP contribution is -2.46. The van der Waals surface area contributed by atoms with Gasteiger partial charge in [0.1, 0.15) is 0 Å². The van der Waals surface area contributed by atoms with Gasteiger partial charge in [0, 0.05) is 12.5 Å². The summed E-state index contributed by atoms with van der Waals surface area (Å²) in [6.45, 7) is 3.04. The van der Waals surface area contributed by atoms with Crippen molar-refractivity contribution >= 4 is 0 Å². The summed E-state index contributed by atoms with van der Waals surface area (Å²) in [5.74, 6) is 0.146. The Morgan fingerprint density at radius 2 is 1.58 bits per heavy atom. The van der Waals surface area contributed by atoms with Crippen LogP contribution in [0.3, 0.4) is 0 Å². The van der Waals surface area contributed by atoms with Gasteiger partial charge < -0.3 is 10.4 Å². The van der Waals surface area contributed by atoms with E-state index in [-0.39, 0.29) is 11.5 Å². The van der Waals surface area contributed by atoms with Gasteiger partial charge in [0.15, 0.2) is 0 Å². The first-order valence-corrected chi connectivity index (χ1v) is 6.84. The lowest BCUT2D eigenvalue weighted by Gasteiger charge is -2.38. The van der Waals surface area contributed by atoms with Crippen LogP contribution in [0, 0.1) is 0 Å². The first-order valence-electron chi connectivity index (χ1n) is 6.84. The highest BCUT2D eigenvalue weighted by Crippen LogP contribution is 2.49. The maximum absolute atomic E-state index is 10.7. The Bertz CT molecular complexity index is 645. The van der Waals surface area contributed by atoms with E-state index in [2.05, 4.69) is 54.7 Å². The number of hydrogen-bond donors (Lipinski definition) is 2. The van der Waals surface area contributed by atoms with Gasteiger partial charge in [-0.3, -0.25) is 0 Å². The summed E-state index contributed by atoms with van der Waals surface area (Å²) in [5, 5.41) is 14.4. The van der Waals surface area contributed by atoms with E-state index in [1.807, 2.05) is 6.07 Å². The van der Waals surface area contributed by atoms with Gasteiger partial charge >= 0.3 is 0 Å². The van der Waals surface area contributed by atoms with Crippen molar-refractivity contribution in [3.05, 3.63) is 70.8 Å². The normalized spacial score (nSPS) is 31.5. The molecule has 2 aromatic rings. The summed E-state index contributed by atoms with van der Waals surface area (Å²) >= 11 is 0. The number of aliphatic hydroxyl groups is 1. The second-order valence-corrected chi connectivity index (χ2v) is 5.73. The summed E-state index contributed by atoms with van der Waals surface area (Å²) < 4.78 is 0. The molecule has 0 fully saturated rings. The molecule has 19 heavy (non-hydrogen) atoms. The van der Waals surface area contributed by atoms with Gasteiger partial charge in [-0.25, -0.2) is 0 Å². The lowest BCUT2D eigenvalue weighted by atomic mass is 9.78. The summed E-state index contributed by atoms with van der Waals surface area (Å²) in [4.78, 5) is 0. The number of nitrogens with one attached hydrogen (secondary N) is 1. The summed E-state index contributed by atoms with van der Waals surface area (Å²) in [6, 6.07) is 16.8. The molecular weight excluding hydrogens is 234 g/mol. The Balaban J connectivity index is 2.10. The van der Waals surface area contributed by atoms with Gasteiger partial charge in [0.25, 0.3) is 0 Å². The molecule has 3 atom stereocenters. The highest BCUT2D eigenvalue weighted by molar-refractivity contribution is 5.53. The first kappa shape index (κ1) is 11.2. The van der Waals surface area contributed by atoms with Gasteiger partial charge in [0.05, 0.1) is 11.6 Å². The zero-order chi connectivity index (χ0) is 13.0. The third-order valence-electron chi connectivity index (χ3n) is 4.77. The zero-order valence-electron chi connectivity index (χ0n) is 10.9. The fourth-order valence-corrected chi connectivity index (χ4v) is 3.74. The van der Waals surface area contributed by atoms with Crippen LogP contribution >= 0.6 is 0 Å². The van der Waals surface area contributed by atoms with Crippen molar-refractivity contribution in [1.29, 1.82) is 0 Å². The van der Waals surface area contributed by atoms with Crippen molar-refractivity contribution < 1.29 is 5.11 Å². The predicted octanol–water partition coefficient (Wildman–Crippen LogP) is 2.68. The van der Waals surface area contributed by atoms with Gasteiger partial charge in [-0.15, -0.1) is 0 Å². The second-order valence-electron chi connectivity index (χ2n) is 5.73. The third-order valence-corrected chi connectivity index (χ3v) is 4.77. The average Bonchev–Trinajstić information content (AvgIpc) is 2.62. The van der Waals surface area contributed by atoms with E-state index in [0.717, 1.165) is 12.1 Å². The van der Waals surface area contributed by atoms with E-state index >= 15 is 0 Å². The van der Waals surface area contributed by atoms with E-state index in [1.54, 1.807) is 0 Å². The summed E-state index contributed by atoms with van der Waals surface area (Å²) in [6.07, 6.45) is -0.422. The smallest absolute Gasteiger partial charge is 0.0874 e. The predicted molar refractivity (Wildman–Crippen MR) is 75.0 cm³/mol. The standard InChI is InChI=1S/C17H17NO/c1-17-14-8-4-2-6-11(14)13(10-18-17)16(19)12-7-3-5-9-15(12)17/h2-9,13,16,18-19H,10H2,1H3/t13-,16+,17+/m1/s1. The van der Waals surface area contributed by atoms with E-state index in [0.29, 0.717) is 0 Å². The molecule has 2 aliphatic heterocycles. The lowest BCUT2D eigenvalue weighted by molar-refractivity contribution is 0.143. The number of hydrogen-bond acceptors (Lipinski definition) is 2. The topological polar surface area (TPSA) is 32.3 Å². The molecule has 2 heteroatoms. The minimum absolute atomic E-state index is 0.146. The number of rotatable bonds is 0.